The van der Waals surface area contributed by atoms with Gasteiger partial charge in [0.05, 0.1) is 21.3 Å². The van der Waals surface area contributed by atoms with Crippen LogP contribution in [-0.2, 0) is 14.6 Å². The third-order valence-corrected chi connectivity index (χ3v) is 6.05. The Bertz CT molecular complexity index is 941. The Labute approximate surface area is 149 Å². The minimum absolute atomic E-state index is 0.314. The van der Waals surface area contributed by atoms with E-state index in [1.54, 1.807) is 18.4 Å². The molecule has 3 heterocycles. The van der Waals surface area contributed by atoms with Crippen LogP contribution in [0.1, 0.15) is 12.0 Å². The number of nitrogens with zero attached hydrogens (tertiary/aromatic N) is 2. The molecule has 0 fully saturated rings. The molecule has 1 aromatic carbocycles. The van der Waals surface area contributed by atoms with Crippen molar-refractivity contribution >= 4 is 31.6 Å². The van der Waals surface area contributed by atoms with Gasteiger partial charge in [-0.1, -0.05) is 0 Å². The number of hydrogen-bond donors (Lipinski definition) is 0. The summed E-state index contributed by atoms with van der Waals surface area (Å²) >= 11 is 3.54. The van der Waals surface area contributed by atoms with Crippen LogP contribution in [0.3, 0.4) is 0 Å². The quantitative estimate of drug-likeness (QED) is 0.757. The summed E-state index contributed by atoms with van der Waals surface area (Å²) in [5.41, 5.74) is 4.33. The van der Waals surface area contributed by atoms with E-state index >= 15 is 0 Å². The number of aliphatic imine (C=N–C) groups is 1. The first kappa shape index (κ1) is 15.7. The van der Waals surface area contributed by atoms with Crippen molar-refractivity contribution in [3.63, 3.8) is 0 Å². The Balaban J connectivity index is 1.78. The van der Waals surface area contributed by atoms with Crippen LogP contribution in [0.4, 0.5) is 0 Å². The van der Waals surface area contributed by atoms with Crippen LogP contribution in [0.5, 0.6) is 0 Å². The predicted molar refractivity (Wildman–Crippen MR) is 95.5 cm³/mol. The van der Waals surface area contributed by atoms with E-state index in [2.05, 4.69) is 25.8 Å². The van der Waals surface area contributed by atoms with E-state index in [-0.39, 0.29) is 0 Å². The lowest BCUT2D eigenvalue weighted by atomic mass is 10.1. The molecule has 0 unspecified atom stereocenters. The fourth-order valence-corrected chi connectivity index (χ4v) is 4.20. The number of amidine groups is 1. The van der Waals surface area contributed by atoms with E-state index in [0.29, 0.717) is 11.5 Å². The number of sulfone groups is 1. The number of rotatable bonds is 2. The number of ether oxygens (including phenoxy) is 1. The summed E-state index contributed by atoms with van der Waals surface area (Å²) in [5, 5.41) is 0. The second-order valence-corrected chi connectivity index (χ2v) is 8.79. The molecule has 5 nitrogen and oxygen atoms in total. The minimum Gasteiger partial charge on any atom is -0.496 e. The molecule has 0 spiro atoms. The average Bonchev–Trinajstić information content (AvgIpc) is 2.90. The summed E-state index contributed by atoms with van der Waals surface area (Å²) in [6, 6.07) is 6.88. The first-order valence-corrected chi connectivity index (χ1v) is 10.2. The number of halogens is 1. The van der Waals surface area contributed by atoms with Gasteiger partial charge in [-0.3, -0.25) is 0 Å². The lowest BCUT2D eigenvalue weighted by Gasteiger charge is -2.28. The highest BCUT2D eigenvalue weighted by molar-refractivity contribution is 9.12. The zero-order valence-electron chi connectivity index (χ0n) is 13.0. The van der Waals surface area contributed by atoms with Crippen molar-refractivity contribution in [2.75, 3.05) is 19.4 Å². The van der Waals surface area contributed by atoms with Gasteiger partial charge in [-0.15, -0.1) is 0 Å². The molecule has 0 radical (unpaired) electrons. The van der Waals surface area contributed by atoms with Gasteiger partial charge < -0.3 is 9.64 Å². The number of hydrogen-bond acceptors (Lipinski definition) is 5. The zero-order chi connectivity index (χ0) is 16.9. The molecule has 0 aromatic heterocycles. The average molecular weight is 407 g/mol. The van der Waals surface area contributed by atoms with Crippen LogP contribution < -0.4 is 0 Å². The van der Waals surface area contributed by atoms with E-state index in [9.17, 15) is 8.42 Å². The van der Waals surface area contributed by atoms with Crippen LogP contribution in [0.15, 0.2) is 67.9 Å². The first-order valence-electron chi connectivity index (χ1n) is 7.51. The van der Waals surface area contributed by atoms with Gasteiger partial charge in [0.1, 0.15) is 12.4 Å². The molecule has 0 saturated carbocycles. The van der Waals surface area contributed by atoms with Gasteiger partial charge in [0.2, 0.25) is 0 Å². The summed E-state index contributed by atoms with van der Waals surface area (Å²) < 4.78 is 29.7. The second-order valence-electron chi connectivity index (χ2n) is 5.92. The standard InChI is InChI=1S/C17H15BrN2O3S/c1-24(21,22)13-4-2-11(3-5-13)17-19-8-14-15(18)10-23-9-12-6-7-20(17)16(12)14/h2-5,8,10H,6-7,9H2,1H3. The number of benzene rings is 1. The molecule has 3 aliphatic heterocycles. The molecule has 0 atom stereocenters. The topological polar surface area (TPSA) is 59.0 Å². The third-order valence-electron chi connectivity index (χ3n) is 4.31. The number of allylic oxidation sites excluding steroid dienone is 1. The van der Waals surface area contributed by atoms with Crippen LogP contribution >= 0.6 is 15.9 Å². The summed E-state index contributed by atoms with van der Waals surface area (Å²) in [5.74, 6) is 0.839. The highest BCUT2D eigenvalue weighted by atomic mass is 79.9. The first-order chi connectivity index (χ1) is 11.4. The second kappa shape index (κ2) is 5.60. The molecule has 0 amide bonds. The molecule has 124 valence electrons. The maximum absolute atomic E-state index is 11.6. The van der Waals surface area contributed by atoms with Crippen molar-refractivity contribution in [3.05, 3.63) is 63.6 Å². The normalized spacial score (nSPS) is 19.9. The fourth-order valence-electron chi connectivity index (χ4n) is 3.15. The van der Waals surface area contributed by atoms with Crippen molar-refractivity contribution in [3.8, 4) is 0 Å². The van der Waals surface area contributed by atoms with Crippen LogP contribution in [0, 0.1) is 0 Å². The van der Waals surface area contributed by atoms with Gasteiger partial charge in [0.25, 0.3) is 0 Å². The van der Waals surface area contributed by atoms with E-state index in [4.69, 9.17) is 4.74 Å². The predicted octanol–water partition coefficient (Wildman–Crippen LogP) is 2.96. The lowest BCUT2D eigenvalue weighted by Crippen LogP contribution is -2.31. The van der Waals surface area contributed by atoms with E-state index in [1.165, 1.54) is 11.8 Å². The molecule has 0 bridgehead atoms. The van der Waals surface area contributed by atoms with Gasteiger partial charge in [-0.2, -0.15) is 0 Å². The molecule has 0 aliphatic carbocycles. The Morgan fingerprint density at radius 2 is 2.00 bits per heavy atom. The summed E-state index contributed by atoms with van der Waals surface area (Å²) in [4.78, 5) is 7.12. The maximum atomic E-state index is 11.6. The maximum Gasteiger partial charge on any atom is 0.175 e. The summed E-state index contributed by atoms with van der Waals surface area (Å²) in [6.45, 7) is 1.43. The van der Waals surface area contributed by atoms with Crippen LogP contribution in [-0.4, -0.2) is 38.6 Å². The molecule has 4 rings (SSSR count). The lowest BCUT2D eigenvalue weighted by molar-refractivity contribution is 0.279. The Morgan fingerprint density at radius 3 is 2.71 bits per heavy atom. The molecular formula is C17H15BrN2O3S. The fraction of sp³-hybridized carbons (Fsp3) is 0.235. The minimum atomic E-state index is -3.20. The monoisotopic (exact) mass is 406 g/mol. The molecule has 1 aromatic rings. The van der Waals surface area contributed by atoms with Crippen molar-refractivity contribution in [1.82, 2.24) is 4.90 Å². The van der Waals surface area contributed by atoms with Gasteiger partial charge in [-0.05, 0) is 52.2 Å². The van der Waals surface area contributed by atoms with Gasteiger partial charge in [-0.25, -0.2) is 13.4 Å². The van der Waals surface area contributed by atoms with Gasteiger partial charge in [0, 0.05) is 30.1 Å². The van der Waals surface area contributed by atoms with E-state index in [1.807, 2.05) is 18.3 Å². The third kappa shape index (κ3) is 2.52. The largest absolute Gasteiger partial charge is 0.496 e. The zero-order valence-corrected chi connectivity index (χ0v) is 15.4. The van der Waals surface area contributed by atoms with Crippen molar-refractivity contribution in [2.24, 2.45) is 4.99 Å². The highest BCUT2D eigenvalue weighted by Gasteiger charge is 2.33. The van der Waals surface area contributed by atoms with Crippen molar-refractivity contribution in [2.45, 2.75) is 11.3 Å². The SMILES string of the molecule is CS(=O)(=O)c1ccc(C2=NC=C3C(Br)=COCC4=C3N2CC4)cc1. The van der Waals surface area contributed by atoms with E-state index < -0.39 is 9.84 Å². The molecule has 7 heteroatoms. The van der Waals surface area contributed by atoms with Crippen LogP contribution in [0.25, 0.3) is 0 Å². The van der Waals surface area contributed by atoms with Crippen molar-refractivity contribution < 1.29 is 13.2 Å². The van der Waals surface area contributed by atoms with Crippen molar-refractivity contribution in [1.29, 1.82) is 0 Å². The Hall–Kier alpha value is -1.86. The highest BCUT2D eigenvalue weighted by Crippen LogP contribution is 2.40. The van der Waals surface area contributed by atoms with Gasteiger partial charge >= 0.3 is 0 Å². The van der Waals surface area contributed by atoms with Crippen LogP contribution in [0.2, 0.25) is 0 Å². The van der Waals surface area contributed by atoms with Gasteiger partial charge in [0.15, 0.2) is 9.84 Å². The molecular weight excluding hydrogens is 392 g/mol. The van der Waals surface area contributed by atoms with E-state index in [0.717, 1.165) is 40.1 Å². The molecule has 0 N–H and O–H groups in total. The molecule has 0 saturated heterocycles. The summed E-state index contributed by atoms with van der Waals surface area (Å²) in [6.07, 6.45) is 5.69. The smallest absolute Gasteiger partial charge is 0.175 e. The molecule has 3 aliphatic rings. The summed E-state index contributed by atoms with van der Waals surface area (Å²) in [7, 11) is -3.20. The Kier molecular flexibility index (Phi) is 3.65. The Morgan fingerprint density at radius 1 is 1.25 bits per heavy atom. The molecule has 24 heavy (non-hydrogen) atoms.